The Morgan fingerprint density at radius 3 is 2.43 bits per heavy atom. The summed E-state index contributed by atoms with van der Waals surface area (Å²) in [5.74, 6) is -0.798. The van der Waals surface area contributed by atoms with Gasteiger partial charge in [0.05, 0.1) is 13.4 Å². The van der Waals surface area contributed by atoms with E-state index in [2.05, 4.69) is 10.0 Å². The van der Waals surface area contributed by atoms with Crippen molar-refractivity contribution in [2.75, 3.05) is 18.1 Å². The fourth-order valence-electron chi connectivity index (χ4n) is 2.01. The number of hydrogen-bond donors (Lipinski definition) is 2. The van der Waals surface area contributed by atoms with Crippen molar-refractivity contribution in [1.29, 1.82) is 0 Å². The number of hydrogen-bond acceptors (Lipinski definition) is 5. The van der Waals surface area contributed by atoms with Crippen LogP contribution in [-0.4, -0.2) is 39.7 Å². The molecule has 0 aromatic heterocycles. The minimum atomic E-state index is -3.43. The first-order valence-corrected chi connectivity index (χ1v) is 8.98. The molecule has 1 aromatic rings. The molecule has 1 atom stereocenters. The molecular weight excluding hydrogens is 320 g/mol. The molecule has 0 saturated heterocycles. The molecule has 7 nitrogen and oxygen atoms in total. The van der Waals surface area contributed by atoms with Gasteiger partial charge in [0.2, 0.25) is 10.0 Å². The Morgan fingerprint density at radius 2 is 1.91 bits per heavy atom. The third-order valence-electron chi connectivity index (χ3n) is 2.93. The van der Waals surface area contributed by atoms with E-state index in [1.807, 2.05) is 13.8 Å². The van der Waals surface area contributed by atoms with Crippen molar-refractivity contribution in [1.82, 2.24) is 5.32 Å². The van der Waals surface area contributed by atoms with Crippen LogP contribution < -0.4 is 10.0 Å². The lowest BCUT2D eigenvalue weighted by Gasteiger charge is -2.18. The van der Waals surface area contributed by atoms with Crippen molar-refractivity contribution in [2.45, 2.75) is 26.3 Å². The molecule has 1 unspecified atom stereocenters. The Morgan fingerprint density at radius 1 is 1.26 bits per heavy atom. The average Bonchev–Trinajstić information content (AvgIpc) is 2.43. The molecule has 0 aliphatic carbocycles. The molecule has 0 heterocycles. The number of sulfonamides is 1. The predicted molar refractivity (Wildman–Crippen MR) is 87.6 cm³/mol. The molecule has 0 spiro atoms. The molecule has 0 fully saturated rings. The lowest BCUT2D eigenvalue weighted by atomic mass is 10.0. The number of rotatable bonds is 7. The highest BCUT2D eigenvalue weighted by atomic mass is 32.2. The zero-order valence-corrected chi connectivity index (χ0v) is 14.4. The van der Waals surface area contributed by atoms with E-state index in [0.29, 0.717) is 6.42 Å². The lowest BCUT2D eigenvalue weighted by molar-refractivity contribution is -0.143. The van der Waals surface area contributed by atoms with Crippen LogP contribution in [0.5, 0.6) is 0 Å². The maximum atomic E-state index is 12.3. The quantitative estimate of drug-likeness (QED) is 0.729. The van der Waals surface area contributed by atoms with Gasteiger partial charge in [0.15, 0.2) is 0 Å². The second-order valence-electron chi connectivity index (χ2n) is 5.63. The number of methoxy groups -OCH3 is 1. The Labute approximate surface area is 136 Å². The van der Waals surface area contributed by atoms with E-state index in [-0.39, 0.29) is 17.2 Å². The number of nitrogens with one attached hydrogen (secondary N) is 2. The number of benzene rings is 1. The fourth-order valence-corrected chi connectivity index (χ4v) is 2.56. The van der Waals surface area contributed by atoms with Crippen molar-refractivity contribution in [3.63, 3.8) is 0 Å². The number of carbonyl (C=O) groups excluding carboxylic acids is 2. The molecule has 0 radical (unpaired) electrons. The van der Waals surface area contributed by atoms with Crippen LogP contribution in [0.4, 0.5) is 5.69 Å². The van der Waals surface area contributed by atoms with Crippen molar-refractivity contribution >= 4 is 27.6 Å². The maximum Gasteiger partial charge on any atom is 0.328 e. The van der Waals surface area contributed by atoms with Gasteiger partial charge in [-0.05, 0) is 30.5 Å². The summed E-state index contributed by atoms with van der Waals surface area (Å²) in [6.45, 7) is 3.86. The van der Waals surface area contributed by atoms with E-state index < -0.39 is 27.9 Å². The molecule has 8 heteroatoms. The Kier molecular flexibility index (Phi) is 6.56. The van der Waals surface area contributed by atoms with Gasteiger partial charge in [-0.3, -0.25) is 9.52 Å². The van der Waals surface area contributed by atoms with Crippen LogP contribution in [0.15, 0.2) is 24.3 Å². The summed E-state index contributed by atoms with van der Waals surface area (Å²) < 4.78 is 29.5. The van der Waals surface area contributed by atoms with Crippen LogP contribution in [0, 0.1) is 5.92 Å². The van der Waals surface area contributed by atoms with Gasteiger partial charge in [-0.15, -0.1) is 0 Å². The van der Waals surface area contributed by atoms with E-state index in [4.69, 9.17) is 4.74 Å². The standard InChI is InChI=1S/C15H22N2O5S/c1-10(2)8-13(15(19)22-3)16-14(18)11-6-5-7-12(9-11)17-23(4,20)21/h5-7,9-10,13,17H,8H2,1-4H3,(H,16,18). The second-order valence-corrected chi connectivity index (χ2v) is 7.38. The Bertz CT molecular complexity index is 670. The zero-order valence-electron chi connectivity index (χ0n) is 13.6. The summed E-state index contributed by atoms with van der Waals surface area (Å²) in [6.07, 6.45) is 1.47. The number of anilines is 1. The van der Waals surface area contributed by atoms with E-state index in [9.17, 15) is 18.0 Å². The molecule has 23 heavy (non-hydrogen) atoms. The Hall–Kier alpha value is -2.09. The second kappa shape index (κ2) is 7.96. The van der Waals surface area contributed by atoms with Crippen LogP contribution in [0.3, 0.4) is 0 Å². The van der Waals surface area contributed by atoms with Crippen LogP contribution in [0.25, 0.3) is 0 Å². The largest absolute Gasteiger partial charge is 0.467 e. The van der Waals surface area contributed by atoms with E-state index in [1.165, 1.54) is 25.3 Å². The van der Waals surface area contributed by atoms with Gasteiger partial charge in [-0.25, -0.2) is 13.2 Å². The predicted octanol–water partition coefficient (Wildman–Crippen LogP) is 1.38. The van der Waals surface area contributed by atoms with E-state index in [0.717, 1.165) is 6.26 Å². The van der Waals surface area contributed by atoms with Gasteiger partial charge in [0.1, 0.15) is 6.04 Å². The Balaban J connectivity index is 2.91. The molecule has 0 aliphatic rings. The normalized spacial score (nSPS) is 12.6. The van der Waals surface area contributed by atoms with Crippen LogP contribution in [0.1, 0.15) is 30.6 Å². The first kappa shape index (κ1) is 19.0. The van der Waals surface area contributed by atoms with Gasteiger partial charge < -0.3 is 10.1 Å². The minimum Gasteiger partial charge on any atom is -0.467 e. The monoisotopic (exact) mass is 342 g/mol. The van der Waals surface area contributed by atoms with E-state index >= 15 is 0 Å². The lowest BCUT2D eigenvalue weighted by Crippen LogP contribution is -2.42. The van der Waals surface area contributed by atoms with Crippen LogP contribution >= 0.6 is 0 Å². The van der Waals surface area contributed by atoms with Crippen molar-refractivity contribution in [3.8, 4) is 0 Å². The summed E-state index contributed by atoms with van der Waals surface area (Å²) in [5, 5.41) is 2.61. The van der Waals surface area contributed by atoms with Gasteiger partial charge in [0.25, 0.3) is 5.91 Å². The fraction of sp³-hybridized carbons (Fsp3) is 0.467. The highest BCUT2D eigenvalue weighted by Gasteiger charge is 2.23. The summed E-state index contributed by atoms with van der Waals surface area (Å²) in [5.41, 5.74) is 0.523. The van der Waals surface area contributed by atoms with Crippen molar-refractivity contribution in [2.24, 2.45) is 5.92 Å². The highest BCUT2D eigenvalue weighted by molar-refractivity contribution is 7.92. The van der Waals surface area contributed by atoms with Crippen molar-refractivity contribution < 1.29 is 22.7 Å². The van der Waals surface area contributed by atoms with Crippen molar-refractivity contribution in [3.05, 3.63) is 29.8 Å². The summed E-state index contributed by atoms with van der Waals surface area (Å²) in [6, 6.07) is 5.27. The third-order valence-corrected chi connectivity index (χ3v) is 3.53. The molecule has 0 bridgehead atoms. The molecule has 128 valence electrons. The maximum absolute atomic E-state index is 12.3. The van der Waals surface area contributed by atoms with Gasteiger partial charge >= 0.3 is 5.97 Å². The molecular formula is C15H22N2O5S. The number of ether oxygens (including phenoxy) is 1. The minimum absolute atomic E-state index is 0.192. The number of esters is 1. The molecule has 1 amide bonds. The number of carbonyl (C=O) groups is 2. The first-order chi connectivity index (χ1) is 10.6. The molecule has 2 N–H and O–H groups in total. The van der Waals surface area contributed by atoms with Crippen LogP contribution in [0.2, 0.25) is 0 Å². The van der Waals surface area contributed by atoms with E-state index in [1.54, 1.807) is 6.07 Å². The van der Waals surface area contributed by atoms with Gasteiger partial charge in [-0.1, -0.05) is 19.9 Å². The summed E-state index contributed by atoms with van der Waals surface area (Å²) in [4.78, 5) is 24.0. The highest BCUT2D eigenvalue weighted by Crippen LogP contribution is 2.13. The number of amides is 1. The molecule has 0 aliphatic heterocycles. The summed E-state index contributed by atoms with van der Waals surface area (Å²) in [7, 11) is -2.17. The molecule has 1 rings (SSSR count). The first-order valence-electron chi connectivity index (χ1n) is 7.09. The summed E-state index contributed by atoms with van der Waals surface area (Å²) >= 11 is 0. The average molecular weight is 342 g/mol. The zero-order chi connectivity index (χ0) is 17.6. The smallest absolute Gasteiger partial charge is 0.328 e. The van der Waals surface area contributed by atoms with Gasteiger partial charge in [-0.2, -0.15) is 0 Å². The SMILES string of the molecule is COC(=O)C(CC(C)C)NC(=O)c1cccc(NS(C)(=O)=O)c1. The third kappa shape index (κ3) is 6.68. The topological polar surface area (TPSA) is 102 Å². The van der Waals surface area contributed by atoms with Crippen LogP contribution in [-0.2, 0) is 19.6 Å². The van der Waals surface area contributed by atoms with Gasteiger partial charge in [0, 0.05) is 11.3 Å². The molecule has 0 saturated carbocycles. The molecule has 1 aromatic carbocycles.